The average molecular weight is 320 g/mol. The number of nitrogens with zero attached hydrogens (tertiary/aromatic N) is 2. The monoisotopic (exact) mass is 320 g/mol. The van der Waals surface area contributed by atoms with Crippen LogP contribution < -0.4 is 10.6 Å². The van der Waals surface area contributed by atoms with E-state index in [0.29, 0.717) is 13.1 Å². The number of rotatable bonds is 10. The van der Waals surface area contributed by atoms with E-state index < -0.39 is 0 Å². The Labute approximate surface area is 138 Å². The normalized spacial score (nSPS) is 10.6. The van der Waals surface area contributed by atoms with Gasteiger partial charge in [-0.2, -0.15) is 0 Å². The van der Waals surface area contributed by atoms with E-state index in [9.17, 15) is 9.59 Å². The van der Waals surface area contributed by atoms with Crippen LogP contribution in [0.25, 0.3) is 0 Å². The Morgan fingerprint density at radius 2 is 1.57 bits per heavy atom. The molecule has 6 heteroatoms. The molecule has 23 heavy (non-hydrogen) atoms. The molecule has 0 atom stereocenters. The van der Waals surface area contributed by atoms with Crippen LogP contribution in [0.15, 0.2) is 18.2 Å². The first-order chi connectivity index (χ1) is 11.0. The molecule has 0 aliphatic carbocycles. The predicted molar refractivity (Wildman–Crippen MR) is 91.6 cm³/mol. The van der Waals surface area contributed by atoms with Gasteiger partial charge in [-0.25, -0.2) is 4.98 Å². The van der Waals surface area contributed by atoms with Crippen LogP contribution in [0.3, 0.4) is 0 Å². The van der Waals surface area contributed by atoms with Gasteiger partial charge in [-0.3, -0.25) is 9.59 Å². The van der Waals surface area contributed by atoms with Crippen LogP contribution in [0.5, 0.6) is 0 Å². The minimum atomic E-state index is -0.246. The molecule has 1 rings (SSSR count). The summed E-state index contributed by atoms with van der Waals surface area (Å²) < 4.78 is 0. The zero-order chi connectivity index (χ0) is 17.1. The van der Waals surface area contributed by atoms with Crippen LogP contribution in [0.4, 0.5) is 0 Å². The topological polar surface area (TPSA) is 74.3 Å². The van der Waals surface area contributed by atoms with Crippen molar-refractivity contribution in [3.63, 3.8) is 0 Å². The zero-order valence-corrected chi connectivity index (χ0v) is 14.4. The van der Waals surface area contributed by atoms with Gasteiger partial charge in [0.2, 0.25) is 0 Å². The molecule has 0 radical (unpaired) electrons. The summed E-state index contributed by atoms with van der Waals surface area (Å²) in [7, 11) is 3.98. The maximum atomic E-state index is 12.0. The molecule has 0 saturated heterocycles. The fraction of sp³-hybridized carbons (Fsp3) is 0.588. The highest BCUT2D eigenvalue weighted by Crippen LogP contribution is 2.01. The summed E-state index contributed by atoms with van der Waals surface area (Å²) in [5.74, 6) is -0.479. The van der Waals surface area contributed by atoms with Crippen molar-refractivity contribution in [3.05, 3.63) is 29.6 Å². The quantitative estimate of drug-likeness (QED) is 0.643. The Morgan fingerprint density at radius 3 is 2.09 bits per heavy atom. The maximum absolute atomic E-state index is 12.0. The summed E-state index contributed by atoms with van der Waals surface area (Å²) in [5, 5.41) is 5.65. The number of hydrogen-bond acceptors (Lipinski definition) is 4. The molecule has 0 saturated carbocycles. The number of hydrogen-bond donors (Lipinski definition) is 2. The second kappa shape index (κ2) is 10.7. The number of aromatic nitrogens is 1. The molecule has 0 bridgehead atoms. The van der Waals surface area contributed by atoms with Gasteiger partial charge >= 0.3 is 0 Å². The number of pyridine rings is 1. The van der Waals surface area contributed by atoms with Crippen LogP contribution in [0.1, 0.15) is 53.6 Å². The highest BCUT2D eigenvalue weighted by molar-refractivity contribution is 5.96. The van der Waals surface area contributed by atoms with Gasteiger partial charge < -0.3 is 15.5 Å². The second-order valence-electron chi connectivity index (χ2n) is 5.78. The summed E-state index contributed by atoms with van der Waals surface area (Å²) in [6.07, 6.45) is 4.02. The van der Waals surface area contributed by atoms with Crippen LogP contribution in [-0.4, -0.2) is 55.4 Å². The van der Waals surface area contributed by atoms with Crippen molar-refractivity contribution >= 4 is 11.8 Å². The zero-order valence-electron chi connectivity index (χ0n) is 14.4. The first kappa shape index (κ1) is 19.1. The van der Waals surface area contributed by atoms with Crippen molar-refractivity contribution in [2.24, 2.45) is 0 Å². The molecule has 1 aromatic rings. The summed E-state index contributed by atoms with van der Waals surface area (Å²) in [6.45, 7) is 4.25. The van der Waals surface area contributed by atoms with E-state index in [1.165, 1.54) is 0 Å². The second-order valence-corrected chi connectivity index (χ2v) is 5.78. The Balaban J connectivity index is 2.48. The predicted octanol–water partition coefficient (Wildman–Crippen LogP) is 1.68. The third kappa shape index (κ3) is 7.74. The van der Waals surface area contributed by atoms with Gasteiger partial charge in [0.15, 0.2) is 0 Å². The highest BCUT2D eigenvalue weighted by atomic mass is 16.2. The number of nitrogens with one attached hydrogen (secondary N) is 2. The Hall–Kier alpha value is -1.95. The lowest BCUT2D eigenvalue weighted by Crippen LogP contribution is -2.29. The molecule has 0 aliphatic rings. The van der Waals surface area contributed by atoms with Crippen LogP contribution in [0, 0.1) is 0 Å². The molecule has 0 spiro atoms. The van der Waals surface area contributed by atoms with E-state index in [4.69, 9.17) is 0 Å². The molecule has 0 unspecified atom stereocenters. The van der Waals surface area contributed by atoms with Gasteiger partial charge in [0, 0.05) is 13.1 Å². The number of carbonyl (C=O) groups excluding carboxylic acids is 2. The molecule has 0 aromatic carbocycles. The van der Waals surface area contributed by atoms with E-state index in [2.05, 4.69) is 27.4 Å². The maximum Gasteiger partial charge on any atom is 0.269 e. The van der Waals surface area contributed by atoms with E-state index in [-0.39, 0.29) is 23.2 Å². The van der Waals surface area contributed by atoms with E-state index >= 15 is 0 Å². The molecule has 1 heterocycles. The molecule has 6 nitrogen and oxygen atoms in total. The molecular weight excluding hydrogens is 292 g/mol. The average Bonchev–Trinajstić information content (AvgIpc) is 2.55. The smallest absolute Gasteiger partial charge is 0.269 e. The van der Waals surface area contributed by atoms with Gasteiger partial charge in [-0.15, -0.1) is 0 Å². The van der Waals surface area contributed by atoms with Crippen molar-refractivity contribution in [2.75, 3.05) is 33.7 Å². The fourth-order valence-electron chi connectivity index (χ4n) is 2.04. The lowest BCUT2D eigenvalue weighted by molar-refractivity contribution is 0.0943. The van der Waals surface area contributed by atoms with Crippen LogP contribution in [-0.2, 0) is 0 Å². The van der Waals surface area contributed by atoms with Crippen molar-refractivity contribution in [1.82, 2.24) is 20.5 Å². The Kier molecular flexibility index (Phi) is 8.90. The van der Waals surface area contributed by atoms with E-state index in [0.717, 1.165) is 32.2 Å². The molecule has 0 aliphatic heterocycles. The molecule has 2 N–H and O–H groups in total. The largest absolute Gasteiger partial charge is 0.351 e. The highest BCUT2D eigenvalue weighted by Gasteiger charge is 2.11. The fourth-order valence-corrected chi connectivity index (χ4v) is 2.04. The van der Waals surface area contributed by atoms with Gasteiger partial charge in [0.25, 0.3) is 11.8 Å². The molecular formula is C17H28N4O2. The van der Waals surface area contributed by atoms with E-state index in [1.807, 2.05) is 14.1 Å². The molecule has 0 fully saturated rings. The van der Waals surface area contributed by atoms with Gasteiger partial charge in [0.1, 0.15) is 11.4 Å². The summed E-state index contributed by atoms with van der Waals surface area (Å²) in [6, 6.07) is 4.93. The third-order valence-electron chi connectivity index (χ3n) is 3.35. The van der Waals surface area contributed by atoms with Crippen LogP contribution in [0.2, 0.25) is 0 Å². The van der Waals surface area contributed by atoms with Crippen molar-refractivity contribution < 1.29 is 9.59 Å². The Morgan fingerprint density at radius 1 is 1.00 bits per heavy atom. The molecule has 1 aromatic heterocycles. The first-order valence-corrected chi connectivity index (χ1v) is 8.22. The van der Waals surface area contributed by atoms with E-state index in [1.54, 1.807) is 18.2 Å². The lowest BCUT2D eigenvalue weighted by atomic mass is 10.2. The minimum Gasteiger partial charge on any atom is -0.351 e. The van der Waals surface area contributed by atoms with Crippen molar-refractivity contribution in [2.45, 2.75) is 32.6 Å². The number of carbonyl (C=O) groups is 2. The van der Waals surface area contributed by atoms with Crippen molar-refractivity contribution in [1.29, 1.82) is 0 Å². The molecule has 2 amide bonds. The summed E-state index contributed by atoms with van der Waals surface area (Å²) >= 11 is 0. The SMILES string of the molecule is CCCCCNC(=O)c1cccc(C(=O)NCCCN(C)C)n1. The third-order valence-corrected chi connectivity index (χ3v) is 3.35. The van der Waals surface area contributed by atoms with Crippen molar-refractivity contribution in [3.8, 4) is 0 Å². The minimum absolute atomic E-state index is 0.233. The first-order valence-electron chi connectivity index (χ1n) is 8.22. The Bertz CT molecular complexity index is 503. The summed E-state index contributed by atoms with van der Waals surface area (Å²) in [4.78, 5) is 30.3. The standard InChI is InChI=1S/C17H28N4O2/c1-4-5-6-11-18-16(22)14-9-7-10-15(20-14)17(23)19-12-8-13-21(2)3/h7,9-10H,4-6,8,11-13H2,1-3H3,(H,18,22)(H,19,23). The van der Waals surface area contributed by atoms with Gasteiger partial charge in [0.05, 0.1) is 0 Å². The number of unbranched alkanes of at least 4 members (excludes halogenated alkanes) is 2. The number of amides is 2. The molecule has 128 valence electrons. The van der Waals surface area contributed by atoms with Gasteiger partial charge in [-0.1, -0.05) is 25.8 Å². The lowest BCUT2D eigenvalue weighted by Gasteiger charge is -2.10. The van der Waals surface area contributed by atoms with Gasteiger partial charge in [-0.05, 0) is 45.6 Å². The summed E-state index contributed by atoms with van der Waals surface area (Å²) in [5.41, 5.74) is 0.554. The van der Waals surface area contributed by atoms with Crippen LogP contribution >= 0.6 is 0 Å².